The molecule has 9 nitrogen and oxygen atoms in total. The first kappa shape index (κ1) is 39.3. The van der Waals surface area contributed by atoms with Crippen LogP contribution in [0.3, 0.4) is 0 Å². The SMILES string of the molecule is Cc1ccc(C(C(=O)NC(Cc2ccccc2)C(=O)OC(C)(C)C)N(C(=O)C(C)NC(=O)OC(C)(C)C)C(C)CCC(C)C)cc1C. The molecule has 0 saturated carbocycles. The molecule has 0 saturated heterocycles. The average Bonchev–Trinajstić information content (AvgIpc) is 2.93. The minimum absolute atomic E-state index is 0.203. The molecule has 47 heavy (non-hydrogen) atoms. The molecule has 0 aliphatic rings. The van der Waals surface area contributed by atoms with Crippen molar-refractivity contribution in [3.05, 3.63) is 70.8 Å². The van der Waals surface area contributed by atoms with Crippen LogP contribution < -0.4 is 10.6 Å². The normalized spacial score (nSPS) is 14.4. The fourth-order valence-corrected chi connectivity index (χ4v) is 5.12. The highest BCUT2D eigenvalue weighted by Gasteiger charge is 2.39. The molecule has 0 spiro atoms. The molecule has 9 heteroatoms. The molecular formula is C38H57N3O6. The molecule has 0 aromatic heterocycles. The molecule has 4 unspecified atom stereocenters. The lowest BCUT2D eigenvalue weighted by molar-refractivity contribution is -0.159. The Morgan fingerprint density at radius 2 is 1.36 bits per heavy atom. The zero-order valence-electron chi connectivity index (χ0n) is 30.5. The van der Waals surface area contributed by atoms with E-state index in [9.17, 15) is 19.2 Å². The molecule has 0 heterocycles. The van der Waals surface area contributed by atoms with Crippen LogP contribution in [0.15, 0.2) is 48.5 Å². The number of amides is 3. The largest absolute Gasteiger partial charge is 0.458 e. The lowest BCUT2D eigenvalue weighted by Gasteiger charge is -2.39. The van der Waals surface area contributed by atoms with Crippen molar-refractivity contribution in [2.24, 2.45) is 5.92 Å². The maximum absolute atomic E-state index is 14.6. The van der Waals surface area contributed by atoms with Gasteiger partial charge in [0.05, 0.1) is 0 Å². The van der Waals surface area contributed by atoms with E-state index < -0.39 is 53.2 Å². The van der Waals surface area contributed by atoms with Crippen LogP contribution in [0.5, 0.6) is 0 Å². The van der Waals surface area contributed by atoms with Crippen LogP contribution in [0.2, 0.25) is 0 Å². The van der Waals surface area contributed by atoms with Gasteiger partial charge in [-0.1, -0.05) is 62.4 Å². The molecule has 0 fully saturated rings. The summed E-state index contributed by atoms with van der Waals surface area (Å²) in [5.74, 6) is -1.17. The van der Waals surface area contributed by atoms with Crippen LogP contribution in [0.25, 0.3) is 0 Å². The zero-order chi connectivity index (χ0) is 35.7. The average molecular weight is 652 g/mol. The molecule has 0 bridgehead atoms. The van der Waals surface area contributed by atoms with Gasteiger partial charge in [0, 0.05) is 12.5 Å². The van der Waals surface area contributed by atoms with Crippen LogP contribution in [0.4, 0.5) is 4.79 Å². The highest BCUT2D eigenvalue weighted by molar-refractivity contribution is 5.94. The van der Waals surface area contributed by atoms with Gasteiger partial charge in [0.15, 0.2) is 0 Å². The van der Waals surface area contributed by atoms with Crippen molar-refractivity contribution in [3.8, 4) is 0 Å². The summed E-state index contributed by atoms with van der Waals surface area (Å²) in [6.07, 6.45) is 0.910. The Labute approximate surface area is 282 Å². The summed E-state index contributed by atoms with van der Waals surface area (Å²) >= 11 is 0. The van der Waals surface area contributed by atoms with E-state index in [1.54, 1.807) is 53.4 Å². The first-order valence-corrected chi connectivity index (χ1v) is 16.6. The van der Waals surface area contributed by atoms with E-state index in [0.717, 1.165) is 23.1 Å². The number of nitrogens with one attached hydrogen (secondary N) is 2. The van der Waals surface area contributed by atoms with E-state index in [2.05, 4.69) is 24.5 Å². The lowest BCUT2D eigenvalue weighted by atomic mass is 9.95. The lowest BCUT2D eigenvalue weighted by Crippen LogP contribution is -2.56. The van der Waals surface area contributed by atoms with Gasteiger partial charge >= 0.3 is 12.1 Å². The number of aryl methyl sites for hydroxylation is 2. The fourth-order valence-electron chi connectivity index (χ4n) is 5.12. The molecule has 0 aliphatic carbocycles. The van der Waals surface area contributed by atoms with Crippen molar-refractivity contribution in [2.45, 2.75) is 138 Å². The second kappa shape index (κ2) is 16.8. The van der Waals surface area contributed by atoms with Crippen molar-refractivity contribution >= 4 is 23.9 Å². The summed E-state index contributed by atoms with van der Waals surface area (Å²) in [4.78, 5) is 56.8. The van der Waals surface area contributed by atoms with Crippen molar-refractivity contribution in [2.75, 3.05) is 0 Å². The topological polar surface area (TPSA) is 114 Å². The molecular weight excluding hydrogens is 594 g/mol. The second-order valence-corrected chi connectivity index (χ2v) is 15.0. The third kappa shape index (κ3) is 13.0. The summed E-state index contributed by atoms with van der Waals surface area (Å²) in [5, 5.41) is 5.63. The monoisotopic (exact) mass is 651 g/mol. The van der Waals surface area contributed by atoms with E-state index >= 15 is 0 Å². The fraction of sp³-hybridized carbons (Fsp3) is 0.579. The third-order valence-electron chi connectivity index (χ3n) is 7.66. The third-order valence-corrected chi connectivity index (χ3v) is 7.66. The number of hydrogen-bond donors (Lipinski definition) is 2. The van der Waals surface area contributed by atoms with Gasteiger partial charge in [0.25, 0.3) is 0 Å². The van der Waals surface area contributed by atoms with Crippen molar-refractivity contribution < 1.29 is 28.7 Å². The van der Waals surface area contributed by atoms with Gasteiger partial charge in [-0.25, -0.2) is 9.59 Å². The van der Waals surface area contributed by atoms with Gasteiger partial charge in [0.2, 0.25) is 11.8 Å². The van der Waals surface area contributed by atoms with Crippen LogP contribution in [0.1, 0.15) is 110 Å². The summed E-state index contributed by atoms with van der Waals surface area (Å²) < 4.78 is 11.2. The van der Waals surface area contributed by atoms with Crippen LogP contribution in [-0.2, 0) is 30.3 Å². The molecule has 2 aromatic rings. The quantitative estimate of drug-likeness (QED) is 0.226. The van der Waals surface area contributed by atoms with Gasteiger partial charge in [-0.3, -0.25) is 9.59 Å². The molecule has 260 valence electrons. The molecule has 4 atom stereocenters. The molecule has 0 radical (unpaired) electrons. The van der Waals surface area contributed by atoms with Gasteiger partial charge in [0.1, 0.15) is 29.3 Å². The molecule has 2 rings (SSSR count). The number of nitrogens with zero attached hydrogens (tertiary/aromatic N) is 1. The van der Waals surface area contributed by atoms with Crippen molar-refractivity contribution in [1.82, 2.24) is 15.5 Å². The van der Waals surface area contributed by atoms with E-state index in [1.807, 2.05) is 69.3 Å². The Morgan fingerprint density at radius 1 is 0.766 bits per heavy atom. The minimum Gasteiger partial charge on any atom is -0.458 e. The van der Waals surface area contributed by atoms with E-state index in [4.69, 9.17) is 9.47 Å². The Bertz CT molecular complexity index is 1360. The van der Waals surface area contributed by atoms with Crippen LogP contribution in [-0.4, -0.2) is 58.1 Å². The summed E-state index contributed by atoms with van der Waals surface area (Å²) in [6, 6.07) is 11.6. The van der Waals surface area contributed by atoms with Gasteiger partial charge in [-0.15, -0.1) is 0 Å². The number of ether oxygens (including phenoxy) is 2. The Morgan fingerprint density at radius 3 is 1.89 bits per heavy atom. The Kier molecular flexibility index (Phi) is 14.0. The zero-order valence-corrected chi connectivity index (χ0v) is 30.5. The first-order valence-electron chi connectivity index (χ1n) is 16.6. The standard InChI is InChI=1S/C38H57N3O6/c1-24(2)18-20-27(5)41(34(43)28(6)39-36(45)47-38(10,11)12)32(30-21-19-25(3)26(4)22-30)33(42)40-31(35(44)46-37(7,8)9)23-29-16-14-13-15-17-29/h13-17,19,21-22,24,27-28,31-32H,18,20,23H2,1-12H3,(H,39,45)(H,40,42). The van der Waals surface area contributed by atoms with Crippen LogP contribution in [0, 0.1) is 19.8 Å². The molecule has 3 amide bonds. The predicted octanol–water partition coefficient (Wildman–Crippen LogP) is 6.98. The number of carbonyl (C=O) groups excluding carboxylic acids is 4. The Hall–Kier alpha value is -3.88. The maximum atomic E-state index is 14.6. The number of carbonyl (C=O) groups is 4. The summed E-state index contributed by atoms with van der Waals surface area (Å²) in [5.41, 5.74) is 1.90. The van der Waals surface area contributed by atoms with Gasteiger partial charge in [-0.2, -0.15) is 0 Å². The van der Waals surface area contributed by atoms with E-state index in [0.29, 0.717) is 17.9 Å². The highest BCUT2D eigenvalue weighted by Crippen LogP contribution is 2.29. The molecule has 2 N–H and O–H groups in total. The minimum atomic E-state index is -1.10. The van der Waals surface area contributed by atoms with Crippen LogP contribution >= 0.6 is 0 Å². The molecule has 2 aromatic carbocycles. The van der Waals surface area contributed by atoms with Crippen molar-refractivity contribution in [1.29, 1.82) is 0 Å². The first-order chi connectivity index (χ1) is 21.7. The number of alkyl carbamates (subject to hydrolysis) is 1. The van der Waals surface area contributed by atoms with E-state index in [1.165, 1.54) is 0 Å². The second-order valence-electron chi connectivity index (χ2n) is 15.0. The number of esters is 1. The summed E-state index contributed by atoms with van der Waals surface area (Å²) in [6.45, 7) is 22.2. The number of benzene rings is 2. The van der Waals surface area contributed by atoms with Gasteiger partial charge < -0.3 is 25.0 Å². The highest BCUT2D eigenvalue weighted by atomic mass is 16.6. The smallest absolute Gasteiger partial charge is 0.408 e. The summed E-state index contributed by atoms with van der Waals surface area (Å²) in [7, 11) is 0. The number of rotatable bonds is 13. The molecule has 0 aliphatic heterocycles. The predicted molar refractivity (Wildman–Crippen MR) is 186 cm³/mol. The Balaban J connectivity index is 2.65. The van der Waals surface area contributed by atoms with Gasteiger partial charge in [-0.05, 0) is 110 Å². The maximum Gasteiger partial charge on any atom is 0.408 e. The van der Waals surface area contributed by atoms with Crippen molar-refractivity contribution in [3.63, 3.8) is 0 Å². The number of hydrogen-bond acceptors (Lipinski definition) is 6. The van der Waals surface area contributed by atoms with E-state index in [-0.39, 0.29) is 12.5 Å².